The van der Waals surface area contributed by atoms with Gasteiger partial charge in [0.25, 0.3) is 0 Å². The zero-order valence-corrected chi connectivity index (χ0v) is 27.4. The molecule has 0 atom stereocenters. The summed E-state index contributed by atoms with van der Waals surface area (Å²) in [5.41, 5.74) is 6.19. The Balaban J connectivity index is 0.000000200. The van der Waals surface area contributed by atoms with Gasteiger partial charge in [-0.25, -0.2) is 4.39 Å². The van der Waals surface area contributed by atoms with E-state index < -0.39 is 8.07 Å². The number of benzene rings is 3. The summed E-state index contributed by atoms with van der Waals surface area (Å²) in [6.07, 6.45) is 4.83. The molecule has 0 unspecified atom stereocenters. The minimum atomic E-state index is -1.23. The van der Waals surface area contributed by atoms with Gasteiger partial charge in [0.2, 0.25) is 0 Å². The van der Waals surface area contributed by atoms with E-state index in [0.717, 1.165) is 39.7 Å². The number of pyridine rings is 2. The molecule has 3 nitrogen and oxygen atoms in total. The first-order valence-corrected chi connectivity index (χ1v) is 17.1. The van der Waals surface area contributed by atoms with Gasteiger partial charge in [0.15, 0.2) is 0 Å². The van der Waals surface area contributed by atoms with Gasteiger partial charge in [-0.15, -0.1) is 54.1 Å². The molecule has 0 amide bonds. The summed E-state index contributed by atoms with van der Waals surface area (Å²) in [5.74, 6) is 0.276. The Morgan fingerprint density at radius 3 is 2.37 bits per heavy atom. The third kappa shape index (κ3) is 7.26. The largest absolute Gasteiger partial charge is 0.500 e. The van der Waals surface area contributed by atoms with Gasteiger partial charge in [-0.2, -0.15) is 0 Å². The topological polar surface area (TPSA) is 38.9 Å². The Morgan fingerprint density at radius 2 is 1.68 bits per heavy atom. The summed E-state index contributed by atoms with van der Waals surface area (Å²) in [6, 6.07) is 31.2. The third-order valence-electron chi connectivity index (χ3n) is 6.73. The number of rotatable bonds is 5. The first kappa shape index (κ1) is 30.5. The normalized spacial score (nSPS) is 11.3. The molecule has 0 aliphatic carbocycles. The molecule has 6 aromatic rings. The van der Waals surface area contributed by atoms with Gasteiger partial charge in [-0.05, 0) is 47.1 Å². The molecule has 6 heteroatoms. The molecule has 0 aliphatic heterocycles. The predicted octanol–water partition coefficient (Wildman–Crippen LogP) is 8.88. The van der Waals surface area contributed by atoms with Crippen LogP contribution in [0.4, 0.5) is 4.39 Å². The maximum absolute atomic E-state index is 13.5. The number of hydrogen-bond donors (Lipinski definition) is 0. The molecule has 211 valence electrons. The van der Waals surface area contributed by atoms with Crippen LogP contribution in [0.15, 0.2) is 95.7 Å². The fourth-order valence-corrected chi connectivity index (χ4v) is 5.70. The van der Waals surface area contributed by atoms with Crippen LogP contribution in [0, 0.1) is 23.9 Å². The quantitative estimate of drug-likeness (QED) is 0.131. The number of fused-ring (bicyclic) bond motifs is 3. The van der Waals surface area contributed by atoms with Crippen molar-refractivity contribution in [2.45, 2.75) is 39.9 Å². The third-order valence-corrected chi connectivity index (χ3v) is 8.76. The van der Waals surface area contributed by atoms with Crippen molar-refractivity contribution in [1.82, 2.24) is 9.97 Å². The van der Waals surface area contributed by atoms with Crippen molar-refractivity contribution in [1.29, 1.82) is 0 Å². The molecule has 0 saturated heterocycles. The molecule has 0 N–H and O–H groups in total. The molecule has 0 aliphatic rings. The molecule has 3 aromatic heterocycles. The van der Waals surface area contributed by atoms with Crippen LogP contribution in [0.1, 0.15) is 19.4 Å². The number of hydrogen-bond acceptors (Lipinski definition) is 3. The van der Waals surface area contributed by atoms with Crippen molar-refractivity contribution in [2.75, 3.05) is 0 Å². The van der Waals surface area contributed by atoms with Crippen molar-refractivity contribution in [2.24, 2.45) is 5.92 Å². The van der Waals surface area contributed by atoms with E-state index in [1.807, 2.05) is 54.9 Å². The first-order valence-electron chi connectivity index (χ1n) is 13.6. The fourth-order valence-electron chi connectivity index (χ4n) is 4.66. The maximum Gasteiger partial charge on any atom is 0.126 e. The Morgan fingerprint density at radius 1 is 0.854 bits per heavy atom. The van der Waals surface area contributed by atoms with Gasteiger partial charge in [-0.3, -0.25) is 0 Å². The Bertz CT molecular complexity index is 1740. The van der Waals surface area contributed by atoms with E-state index in [9.17, 15) is 4.39 Å². The molecular formula is C35H33FIrN2OSi-2. The van der Waals surface area contributed by atoms with Crippen LogP contribution in [0.5, 0.6) is 0 Å². The van der Waals surface area contributed by atoms with Crippen molar-refractivity contribution >= 4 is 35.2 Å². The molecular weight excluding hydrogens is 704 g/mol. The molecule has 0 fully saturated rings. The van der Waals surface area contributed by atoms with Gasteiger partial charge >= 0.3 is 0 Å². The number of nitrogens with zero attached hydrogens (tertiary/aromatic N) is 2. The molecule has 1 radical (unpaired) electrons. The van der Waals surface area contributed by atoms with Crippen LogP contribution in [-0.2, 0) is 26.5 Å². The summed E-state index contributed by atoms with van der Waals surface area (Å²) in [4.78, 5) is 9.01. The standard InChI is InChI=1S/C21H17FNO.C14H16NSi.Ir/c1-13(2)10-14-8-9-23-19(11-14)18-5-3-4-17-16-7-6-15(22)12-20(16)24-21(17)18;1-16(2,3)13-9-10-14(15-11-13)12-7-5-4-6-8-12;/h3-4,6-9,11-13H,10H2,1-2H3;4-7,9-11H,1-3H3;/q2*-1;. The zero-order valence-electron chi connectivity index (χ0n) is 24.0. The average Bonchev–Trinajstić information content (AvgIpc) is 3.31. The minimum absolute atomic E-state index is 0. The van der Waals surface area contributed by atoms with Gasteiger partial charge in [-0.1, -0.05) is 68.2 Å². The van der Waals surface area contributed by atoms with Crippen LogP contribution in [0.25, 0.3) is 44.5 Å². The summed E-state index contributed by atoms with van der Waals surface area (Å²) in [7, 11) is -1.23. The van der Waals surface area contributed by atoms with Crippen molar-refractivity contribution in [3.63, 3.8) is 0 Å². The first-order chi connectivity index (χ1) is 19.2. The smallest absolute Gasteiger partial charge is 0.126 e. The van der Waals surface area contributed by atoms with Crippen LogP contribution >= 0.6 is 0 Å². The molecule has 41 heavy (non-hydrogen) atoms. The maximum atomic E-state index is 13.5. The van der Waals surface area contributed by atoms with Crippen LogP contribution in [-0.4, -0.2) is 18.0 Å². The number of aromatic nitrogens is 2. The zero-order chi connectivity index (χ0) is 28.3. The Hall–Kier alpha value is -3.44. The van der Waals surface area contributed by atoms with E-state index in [-0.39, 0.29) is 25.9 Å². The number of furan rings is 1. The van der Waals surface area contributed by atoms with Gasteiger partial charge in [0.1, 0.15) is 11.4 Å². The molecule has 0 bridgehead atoms. The second-order valence-corrected chi connectivity index (χ2v) is 16.5. The second kappa shape index (κ2) is 13.0. The minimum Gasteiger partial charge on any atom is -0.500 e. The fraction of sp³-hybridized carbons (Fsp3) is 0.200. The Kier molecular flexibility index (Phi) is 9.70. The van der Waals surface area contributed by atoms with Crippen LogP contribution in [0.3, 0.4) is 0 Å². The van der Waals surface area contributed by atoms with E-state index in [2.05, 4.69) is 73.8 Å². The molecule has 3 heterocycles. The van der Waals surface area contributed by atoms with Crippen LogP contribution in [0.2, 0.25) is 19.6 Å². The second-order valence-electron chi connectivity index (χ2n) is 11.4. The number of halogens is 1. The van der Waals surface area contributed by atoms with Crippen molar-refractivity contribution in [3.8, 4) is 22.5 Å². The van der Waals surface area contributed by atoms with Gasteiger partial charge in [0, 0.05) is 44.0 Å². The van der Waals surface area contributed by atoms with Gasteiger partial charge in [0.05, 0.1) is 13.7 Å². The van der Waals surface area contributed by atoms with E-state index in [1.165, 1.54) is 22.9 Å². The average molecular weight is 737 g/mol. The van der Waals surface area contributed by atoms with Crippen molar-refractivity contribution in [3.05, 3.63) is 115 Å². The van der Waals surface area contributed by atoms with E-state index in [1.54, 1.807) is 6.07 Å². The van der Waals surface area contributed by atoms with Crippen molar-refractivity contribution < 1.29 is 28.9 Å². The van der Waals surface area contributed by atoms with E-state index >= 15 is 0 Å². The van der Waals surface area contributed by atoms with Crippen LogP contribution < -0.4 is 5.19 Å². The Labute approximate surface area is 256 Å². The van der Waals surface area contributed by atoms with E-state index in [0.29, 0.717) is 17.1 Å². The van der Waals surface area contributed by atoms with E-state index in [4.69, 9.17) is 4.42 Å². The summed E-state index contributed by atoms with van der Waals surface area (Å²) < 4.78 is 19.4. The molecule has 0 saturated carbocycles. The molecule has 6 rings (SSSR count). The molecule has 0 spiro atoms. The summed E-state index contributed by atoms with van der Waals surface area (Å²) in [6.45, 7) is 11.4. The molecule has 3 aromatic carbocycles. The summed E-state index contributed by atoms with van der Waals surface area (Å²) in [5, 5.41) is 3.25. The van der Waals surface area contributed by atoms with Gasteiger partial charge < -0.3 is 14.4 Å². The monoisotopic (exact) mass is 737 g/mol. The summed E-state index contributed by atoms with van der Waals surface area (Å²) >= 11 is 0. The SMILES string of the molecule is CC(C)Cc1ccnc(-c2[c-]ccc3c2oc2cc(F)ccc23)c1.C[Si](C)(C)c1ccc(-c2[c-]cccc2)nc1.[Ir]. The predicted molar refractivity (Wildman–Crippen MR) is 166 cm³/mol.